The van der Waals surface area contributed by atoms with E-state index in [1.54, 1.807) is 44.1 Å². The van der Waals surface area contributed by atoms with Crippen molar-refractivity contribution in [1.82, 2.24) is 19.7 Å². The highest BCUT2D eigenvalue weighted by molar-refractivity contribution is 6.08. The third-order valence-corrected chi connectivity index (χ3v) is 7.76. The molecule has 2 aromatic rings. The molecule has 1 saturated heterocycles. The molecule has 2 aliphatic rings. The predicted molar refractivity (Wildman–Crippen MR) is 135 cm³/mol. The second kappa shape index (κ2) is 10.1. The van der Waals surface area contributed by atoms with Crippen molar-refractivity contribution in [2.75, 3.05) is 20.2 Å². The molecule has 12 nitrogen and oxygen atoms in total. The molecule has 2 aliphatic heterocycles. The van der Waals surface area contributed by atoms with Crippen molar-refractivity contribution in [2.45, 2.75) is 45.1 Å². The Labute approximate surface area is 214 Å². The third-order valence-electron chi connectivity index (χ3n) is 7.76. The van der Waals surface area contributed by atoms with Gasteiger partial charge in [0.25, 0.3) is 0 Å². The van der Waals surface area contributed by atoms with Crippen LogP contribution in [-0.4, -0.2) is 69.1 Å². The van der Waals surface area contributed by atoms with E-state index in [2.05, 4.69) is 25.1 Å². The lowest BCUT2D eigenvalue weighted by molar-refractivity contribution is -0.135. The van der Waals surface area contributed by atoms with Gasteiger partial charge in [0.2, 0.25) is 11.8 Å². The molecular weight excluding hydrogens is 476 g/mol. The fraction of sp³-hybridized carbons (Fsp3) is 0.520. The second-order valence-electron chi connectivity index (χ2n) is 9.96. The molecule has 1 fully saturated rings. The minimum atomic E-state index is -1.53. The van der Waals surface area contributed by atoms with Gasteiger partial charge in [0.05, 0.1) is 18.9 Å². The second-order valence-corrected chi connectivity index (χ2v) is 9.96. The van der Waals surface area contributed by atoms with Gasteiger partial charge in [-0.05, 0) is 43.2 Å². The lowest BCUT2D eigenvalue weighted by Gasteiger charge is -2.43. The van der Waals surface area contributed by atoms with E-state index in [-0.39, 0.29) is 36.0 Å². The summed E-state index contributed by atoms with van der Waals surface area (Å²) in [7, 11) is 3.19. The van der Waals surface area contributed by atoms with E-state index in [0.29, 0.717) is 43.2 Å². The molecule has 0 saturated carbocycles. The van der Waals surface area contributed by atoms with E-state index < -0.39 is 16.7 Å². The minimum absolute atomic E-state index is 0.000697. The first kappa shape index (κ1) is 26.0. The number of piperidine rings is 1. The Morgan fingerprint density at radius 3 is 2.59 bits per heavy atom. The Bertz CT molecular complexity index is 1290. The molecule has 0 spiro atoms. The largest absolute Gasteiger partial charge is 0.481 e. The van der Waals surface area contributed by atoms with Crippen molar-refractivity contribution >= 4 is 29.5 Å². The van der Waals surface area contributed by atoms with Crippen LogP contribution >= 0.6 is 0 Å². The number of carbonyl (C=O) groups is 3. The number of aryl methyl sites for hydroxylation is 1. The van der Waals surface area contributed by atoms with Crippen LogP contribution in [0.4, 0.5) is 5.82 Å². The normalized spacial score (nSPS) is 24.9. The molecule has 2 aromatic heterocycles. The summed E-state index contributed by atoms with van der Waals surface area (Å²) in [4.78, 5) is 53.2. The zero-order chi connectivity index (χ0) is 26.8. The Morgan fingerprint density at radius 2 is 1.97 bits per heavy atom. The number of Topliss-reactive ketones (excluding diaryl/α,β-unsaturated/α-hetero) is 2. The van der Waals surface area contributed by atoms with Gasteiger partial charge in [0.15, 0.2) is 17.4 Å². The number of methoxy groups -OCH3 is 1. The van der Waals surface area contributed by atoms with Crippen LogP contribution in [0.1, 0.15) is 60.2 Å². The first-order valence-electron chi connectivity index (χ1n) is 12.1. The monoisotopic (exact) mass is 506 g/mol. The molecule has 0 N–H and O–H groups in total. The molecule has 0 aromatic carbocycles. The van der Waals surface area contributed by atoms with Crippen molar-refractivity contribution in [3.8, 4) is 5.88 Å². The summed E-state index contributed by atoms with van der Waals surface area (Å²) in [6.45, 7) is 4.19. The standard InChI is InChI=1S/C25H30N8O4/c1-24(9-10-27-23-18(15-29-32(23)3)22(36)25(24,2)30-31-26)13-20(34)33-11-7-16(8-12-33)21(35)17-5-6-19(37-4)28-14-17/h5-6,10,14-16H,7-9,11-13H2,1-4H3/b27-10+. The van der Waals surface area contributed by atoms with Crippen LogP contribution in [-0.2, 0) is 11.8 Å². The smallest absolute Gasteiger partial charge is 0.223 e. The van der Waals surface area contributed by atoms with Gasteiger partial charge >= 0.3 is 0 Å². The van der Waals surface area contributed by atoms with E-state index in [1.807, 2.05) is 0 Å². The van der Waals surface area contributed by atoms with Crippen LogP contribution in [0.15, 0.2) is 34.6 Å². The van der Waals surface area contributed by atoms with Crippen molar-refractivity contribution < 1.29 is 19.1 Å². The zero-order valence-corrected chi connectivity index (χ0v) is 21.4. The van der Waals surface area contributed by atoms with Crippen molar-refractivity contribution in [2.24, 2.45) is 28.5 Å². The summed E-state index contributed by atoms with van der Waals surface area (Å²) < 4.78 is 6.54. The number of azide groups is 1. The lowest BCUT2D eigenvalue weighted by atomic mass is 9.64. The minimum Gasteiger partial charge on any atom is -0.481 e. The van der Waals surface area contributed by atoms with Crippen LogP contribution in [0, 0.1) is 11.3 Å². The molecule has 37 heavy (non-hydrogen) atoms. The molecule has 12 heteroatoms. The summed E-state index contributed by atoms with van der Waals surface area (Å²) in [6, 6.07) is 3.35. The number of ketones is 2. The third kappa shape index (κ3) is 4.72. The van der Waals surface area contributed by atoms with Crippen LogP contribution in [0.25, 0.3) is 10.4 Å². The van der Waals surface area contributed by atoms with Gasteiger partial charge in [-0.1, -0.05) is 12.0 Å². The number of carbonyl (C=O) groups excluding carboxylic acids is 3. The molecular formula is C25H30N8O4. The number of nitrogens with zero attached hydrogens (tertiary/aromatic N) is 8. The van der Waals surface area contributed by atoms with Crippen molar-refractivity contribution in [3.63, 3.8) is 0 Å². The molecule has 2 atom stereocenters. The van der Waals surface area contributed by atoms with Crippen molar-refractivity contribution in [1.29, 1.82) is 0 Å². The van der Waals surface area contributed by atoms with E-state index in [9.17, 15) is 19.9 Å². The van der Waals surface area contributed by atoms with Gasteiger partial charge in [0, 0.05) is 61.4 Å². The van der Waals surface area contributed by atoms with Gasteiger partial charge in [-0.3, -0.25) is 19.1 Å². The van der Waals surface area contributed by atoms with E-state index in [1.165, 1.54) is 24.2 Å². The molecule has 4 heterocycles. The summed E-state index contributed by atoms with van der Waals surface area (Å²) in [5.74, 6) is 0.0406. The van der Waals surface area contributed by atoms with Gasteiger partial charge in [-0.15, -0.1) is 0 Å². The summed E-state index contributed by atoms with van der Waals surface area (Å²) >= 11 is 0. The van der Waals surface area contributed by atoms with Crippen LogP contribution < -0.4 is 4.74 Å². The quantitative estimate of drug-likeness (QED) is 0.252. The number of hydrogen-bond donors (Lipinski definition) is 0. The Morgan fingerprint density at radius 1 is 1.24 bits per heavy atom. The highest BCUT2D eigenvalue weighted by Gasteiger charge is 2.52. The maximum Gasteiger partial charge on any atom is 0.223 e. The Kier molecular flexibility index (Phi) is 7.13. The lowest BCUT2D eigenvalue weighted by Crippen LogP contribution is -2.52. The summed E-state index contributed by atoms with van der Waals surface area (Å²) in [6.07, 6.45) is 5.87. The van der Waals surface area contributed by atoms with Crippen LogP contribution in [0.5, 0.6) is 5.88 Å². The number of hydrogen-bond acceptors (Lipinski definition) is 8. The first-order chi connectivity index (χ1) is 17.6. The maximum atomic E-state index is 13.6. The summed E-state index contributed by atoms with van der Waals surface area (Å²) in [5.41, 5.74) is 7.57. The predicted octanol–water partition coefficient (Wildman–Crippen LogP) is 3.70. The highest BCUT2D eigenvalue weighted by Crippen LogP contribution is 2.45. The number of fused-ring (bicyclic) bond motifs is 1. The molecule has 194 valence electrons. The highest BCUT2D eigenvalue weighted by atomic mass is 16.5. The summed E-state index contributed by atoms with van der Waals surface area (Å²) in [5, 5.41) is 8.07. The Hall–Kier alpha value is -4.05. The number of aliphatic imine (C=N–C) groups is 1. The van der Waals surface area contributed by atoms with Crippen LogP contribution in [0.3, 0.4) is 0 Å². The molecule has 1 amide bonds. The number of aromatic nitrogens is 3. The number of amides is 1. The van der Waals surface area contributed by atoms with Gasteiger partial charge < -0.3 is 9.64 Å². The number of pyridine rings is 1. The zero-order valence-electron chi connectivity index (χ0n) is 21.4. The SMILES string of the molecule is COc1ccc(C(=O)C2CCN(C(=O)CC3(C)C/C=N/c4c(cnn4C)C(=O)C3(C)N=[N+]=[N-])CC2)cn1. The average molecular weight is 507 g/mol. The van der Waals surface area contributed by atoms with Crippen molar-refractivity contribution in [3.05, 3.63) is 46.1 Å². The van der Waals surface area contributed by atoms with E-state index >= 15 is 0 Å². The fourth-order valence-electron chi connectivity index (χ4n) is 5.03. The maximum absolute atomic E-state index is 13.6. The van der Waals surface area contributed by atoms with Crippen LogP contribution in [0.2, 0.25) is 0 Å². The van der Waals surface area contributed by atoms with Gasteiger partial charge in [0.1, 0.15) is 5.54 Å². The number of rotatable bonds is 6. The molecule has 2 unspecified atom stereocenters. The molecule has 4 rings (SSSR count). The van der Waals surface area contributed by atoms with Gasteiger partial charge in [-0.2, -0.15) is 5.10 Å². The van der Waals surface area contributed by atoms with Gasteiger partial charge in [-0.25, -0.2) is 9.98 Å². The molecule has 0 bridgehead atoms. The average Bonchev–Trinajstić information content (AvgIpc) is 3.27. The topological polar surface area (TPSA) is 156 Å². The number of ether oxygens (including phenoxy) is 1. The first-order valence-corrected chi connectivity index (χ1v) is 12.1. The molecule has 0 aliphatic carbocycles. The Balaban J connectivity index is 1.48. The van der Waals surface area contributed by atoms with E-state index in [4.69, 9.17) is 4.74 Å². The van der Waals surface area contributed by atoms with E-state index in [0.717, 1.165) is 0 Å². The molecule has 0 radical (unpaired) electrons. The number of likely N-dealkylation sites (tertiary alicyclic amines) is 1. The fourth-order valence-corrected chi connectivity index (χ4v) is 5.03.